The molecule has 0 radical (unpaired) electrons. The summed E-state index contributed by atoms with van der Waals surface area (Å²) in [7, 11) is 0. The number of carbonyl (C=O) groups excluding carboxylic acids is 1. The van der Waals surface area contributed by atoms with Gasteiger partial charge in [-0.1, -0.05) is 15.9 Å². The predicted molar refractivity (Wildman–Crippen MR) is 65.8 cm³/mol. The second-order valence-electron chi connectivity index (χ2n) is 3.66. The third-order valence-electron chi connectivity index (χ3n) is 1.92. The van der Waals surface area contributed by atoms with Crippen LogP contribution in [0.3, 0.4) is 0 Å². The fourth-order valence-electron chi connectivity index (χ4n) is 1.39. The van der Waals surface area contributed by atoms with Gasteiger partial charge >= 0.3 is 0 Å². The van der Waals surface area contributed by atoms with Crippen LogP contribution in [-0.2, 0) is 11.2 Å². The highest BCUT2D eigenvalue weighted by Crippen LogP contribution is 2.22. The van der Waals surface area contributed by atoms with Crippen LogP contribution in [0.1, 0.15) is 19.4 Å². The average Bonchev–Trinajstić information content (AvgIpc) is 2.08. The summed E-state index contributed by atoms with van der Waals surface area (Å²) in [5.41, 5.74) is 7.63. The molecule has 0 saturated carbocycles. The molecule has 82 valence electrons. The molecule has 0 saturated heterocycles. The van der Waals surface area contributed by atoms with E-state index in [1.54, 1.807) is 0 Å². The van der Waals surface area contributed by atoms with E-state index in [0.29, 0.717) is 0 Å². The van der Waals surface area contributed by atoms with Gasteiger partial charge in [-0.25, -0.2) is 0 Å². The molecule has 0 heterocycles. The fraction of sp³-hybridized carbons (Fsp3) is 0.364. The van der Waals surface area contributed by atoms with Crippen molar-refractivity contribution in [1.29, 1.82) is 0 Å². The molecule has 4 heteroatoms. The zero-order valence-corrected chi connectivity index (χ0v) is 10.5. The van der Waals surface area contributed by atoms with Crippen LogP contribution in [0.25, 0.3) is 0 Å². The van der Waals surface area contributed by atoms with Crippen molar-refractivity contribution in [3.05, 3.63) is 28.2 Å². The highest BCUT2D eigenvalue weighted by atomic mass is 79.9. The minimum atomic E-state index is -0.0664. The lowest BCUT2D eigenvalue weighted by Crippen LogP contribution is -2.19. The molecule has 3 N–H and O–H groups in total. The number of halogens is 1. The molecule has 0 aliphatic carbocycles. The van der Waals surface area contributed by atoms with Crippen LogP contribution in [0.5, 0.6) is 0 Å². The van der Waals surface area contributed by atoms with E-state index in [4.69, 9.17) is 5.73 Å². The van der Waals surface area contributed by atoms with Gasteiger partial charge in [0, 0.05) is 23.1 Å². The van der Waals surface area contributed by atoms with E-state index >= 15 is 0 Å². The topological polar surface area (TPSA) is 55.1 Å². The Kier molecular flexibility index (Phi) is 4.29. The predicted octanol–water partition coefficient (Wildman–Crippen LogP) is 2.30. The number of rotatable bonds is 3. The Labute approximate surface area is 98.2 Å². The van der Waals surface area contributed by atoms with Gasteiger partial charge in [-0.2, -0.15) is 0 Å². The zero-order valence-electron chi connectivity index (χ0n) is 8.88. The van der Waals surface area contributed by atoms with E-state index in [9.17, 15) is 4.79 Å². The molecule has 0 aromatic heterocycles. The van der Waals surface area contributed by atoms with Crippen molar-refractivity contribution < 1.29 is 4.79 Å². The smallest absolute Gasteiger partial charge is 0.221 e. The number of hydrogen-bond acceptors (Lipinski definition) is 2. The van der Waals surface area contributed by atoms with Crippen LogP contribution >= 0.6 is 15.9 Å². The number of amides is 1. The molecule has 1 rings (SSSR count). The lowest BCUT2D eigenvalue weighted by atomic mass is 10.1. The van der Waals surface area contributed by atoms with Gasteiger partial charge in [-0.3, -0.25) is 4.79 Å². The van der Waals surface area contributed by atoms with Gasteiger partial charge in [-0.05, 0) is 37.1 Å². The molecule has 1 unspecified atom stereocenters. The minimum absolute atomic E-state index is 0.0664. The van der Waals surface area contributed by atoms with Crippen molar-refractivity contribution >= 4 is 27.5 Å². The molecule has 3 nitrogen and oxygen atoms in total. The third kappa shape index (κ3) is 4.01. The van der Waals surface area contributed by atoms with Crippen LogP contribution in [0, 0.1) is 0 Å². The molecule has 1 aromatic rings. The Morgan fingerprint density at radius 2 is 2.27 bits per heavy atom. The number of benzene rings is 1. The monoisotopic (exact) mass is 270 g/mol. The van der Waals surface area contributed by atoms with Gasteiger partial charge in [-0.15, -0.1) is 0 Å². The molecule has 0 aliphatic rings. The van der Waals surface area contributed by atoms with E-state index in [0.717, 1.165) is 22.1 Å². The maximum Gasteiger partial charge on any atom is 0.221 e. The first-order chi connectivity index (χ1) is 6.99. The van der Waals surface area contributed by atoms with Gasteiger partial charge < -0.3 is 11.1 Å². The number of nitrogens with one attached hydrogen (secondary N) is 1. The van der Waals surface area contributed by atoms with Gasteiger partial charge in [0.1, 0.15) is 0 Å². The first-order valence-corrected chi connectivity index (χ1v) is 5.60. The molecule has 1 amide bonds. The number of hydrogen-bond donors (Lipinski definition) is 2. The Bertz CT molecular complexity index is 364. The van der Waals surface area contributed by atoms with Crippen LogP contribution in [0.4, 0.5) is 5.69 Å². The highest BCUT2D eigenvalue weighted by Gasteiger charge is 2.06. The number of nitrogens with two attached hydrogens (primary N) is 1. The number of anilines is 1. The Balaban J connectivity index is 2.97. The van der Waals surface area contributed by atoms with Crippen LogP contribution in [0.2, 0.25) is 0 Å². The molecule has 15 heavy (non-hydrogen) atoms. The SMILES string of the molecule is CC(=O)Nc1ccc(Br)cc1CC(C)N. The molecular formula is C11H15BrN2O. The lowest BCUT2D eigenvalue weighted by molar-refractivity contribution is -0.114. The molecule has 0 aliphatic heterocycles. The molecule has 1 aromatic carbocycles. The molecule has 1 atom stereocenters. The molecule has 0 spiro atoms. The van der Waals surface area contributed by atoms with E-state index < -0.39 is 0 Å². The maximum atomic E-state index is 11.0. The second kappa shape index (κ2) is 5.28. The summed E-state index contributed by atoms with van der Waals surface area (Å²) in [6, 6.07) is 5.83. The summed E-state index contributed by atoms with van der Waals surface area (Å²) in [5.74, 6) is -0.0664. The average molecular weight is 271 g/mol. The van der Waals surface area contributed by atoms with Gasteiger partial charge in [0.25, 0.3) is 0 Å². The largest absolute Gasteiger partial charge is 0.328 e. The van der Waals surface area contributed by atoms with E-state index in [2.05, 4.69) is 21.2 Å². The first kappa shape index (κ1) is 12.2. The Morgan fingerprint density at radius 1 is 1.60 bits per heavy atom. The second-order valence-corrected chi connectivity index (χ2v) is 4.58. The van der Waals surface area contributed by atoms with Crippen molar-refractivity contribution in [2.24, 2.45) is 5.73 Å². The van der Waals surface area contributed by atoms with Crippen molar-refractivity contribution in [2.75, 3.05) is 5.32 Å². The van der Waals surface area contributed by atoms with Crippen molar-refractivity contribution in [3.8, 4) is 0 Å². The summed E-state index contributed by atoms with van der Waals surface area (Å²) < 4.78 is 0.993. The third-order valence-corrected chi connectivity index (χ3v) is 2.41. The summed E-state index contributed by atoms with van der Waals surface area (Å²) >= 11 is 3.40. The zero-order chi connectivity index (χ0) is 11.4. The van der Waals surface area contributed by atoms with Gasteiger partial charge in [0.05, 0.1) is 0 Å². The van der Waals surface area contributed by atoms with E-state index in [1.165, 1.54) is 6.92 Å². The highest BCUT2D eigenvalue weighted by molar-refractivity contribution is 9.10. The van der Waals surface area contributed by atoms with Crippen molar-refractivity contribution in [1.82, 2.24) is 0 Å². The summed E-state index contributed by atoms with van der Waals surface area (Å²) in [6.07, 6.45) is 0.745. The van der Waals surface area contributed by atoms with Crippen LogP contribution in [0.15, 0.2) is 22.7 Å². The quantitative estimate of drug-likeness (QED) is 0.886. The number of carbonyl (C=O) groups is 1. The summed E-state index contributed by atoms with van der Waals surface area (Å²) in [4.78, 5) is 11.0. The van der Waals surface area contributed by atoms with Crippen LogP contribution in [-0.4, -0.2) is 11.9 Å². The van der Waals surface area contributed by atoms with Crippen molar-refractivity contribution in [3.63, 3.8) is 0 Å². The normalized spacial score (nSPS) is 12.3. The lowest BCUT2D eigenvalue weighted by Gasteiger charge is -2.12. The minimum Gasteiger partial charge on any atom is -0.328 e. The maximum absolute atomic E-state index is 11.0. The van der Waals surface area contributed by atoms with Gasteiger partial charge in [0.2, 0.25) is 5.91 Å². The molecule has 0 fully saturated rings. The van der Waals surface area contributed by atoms with E-state index in [1.807, 2.05) is 25.1 Å². The van der Waals surface area contributed by atoms with Crippen LogP contribution < -0.4 is 11.1 Å². The summed E-state index contributed by atoms with van der Waals surface area (Å²) in [6.45, 7) is 3.44. The first-order valence-electron chi connectivity index (χ1n) is 4.80. The van der Waals surface area contributed by atoms with Gasteiger partial charge in [0.15, 0.2) is 0 Å². The Morgan fingerprint density at radius 3 is 2.80 bits per heavy atom. The molecule has 0 bridgehead atoms. The van der Waals surface area contributed by atoms with Crippen molar-refractivity contribution in [2.45, 2.75) is 26.3 Å². The Hall–Kier alpha value is -0.870. The fourth-order valence-corrected chi connectivity index (χ4v) is 1.80. The standard InChI is InChI=1S/C11H15BrN2O/c1-7(13)5-9-6-10(12)3-4-11(9)14-8(2)15/h3-4,6-7H,5,13H2,1-2H3,(H,14,15). The molecular weight excluding hydrogens is 256 g/mol. The summed E-state index contributed by atoms with van der Waals surface area (Å²) in [5, 5.41) is 2.79. The van der Waals surface area contributed by atoms with E-state index in [-0.39, 0.29) is 11.9 Å².